The molecule has 1 atom stereocenters. The molecule has 0 spiro atoms. The van der Waals surface area contributed by atoms with Gasteiger partial charge in [0.05, 0.1) is 11.0 Å². The molecule has 0 aliphatic carbocycles. The number of hydrogen-bond acceptors (Lipinski definition) is 5. The number of carboxylic acids is 1. The first-order valence-corrected chi connectivity index (χ1v) is 7.74. The Balaban J connectivity index is 2.15. The number of aliphatic carboxylic acids is 1. The highest BCUT2D eigenvalue weighted by atomic mass is 32.2. The maximum atomic E-state index is 12.1. The molecule has 2 rings (SSSR count). The predicted molar refractivity (Wildman–Crippen MR) is 81.4 cm³/mol. The summed E-state index contributed by atoms with van der Waals surface area (Å²) in [6, 6.07) is 4.02. The average Bonchev–Trinajstić information content (AvgIpc) is 2.50. The molecule has 0 saturated heterocycles. The number of carbonyl (C=O) groups is 2. The molecule has 0 aliphatic heterocycles. The number of amides is 1. The quantitative estimate of drug-likeness (QED) is 0.841. The van der Waals surface area contributed by atoms with Gasteiger partial charge in [-0.1, -0.05) is 0 Å². The van der Waals surface area contributed by atoms with Gasteiger partial charge in [-0.05, 0) is 36.6 Å². The fraction of sp³-hybridized carbons (Fsp3) is 0.286. The molecule has 1 aromatic carbocycles. The molecule has 0 saturated carbocycles. The smallest absolute Gasteiger partial charge is 0.326 e. The minimum absolute atomic E-state index is 0.374. The van der Waals surface area contributed by atoms with Gasteiger partial charge in [0.15, 0.2) is 0 Å². The Morgan fingerprint density at radius 1 is 1.29 bits per heavy atom. The van der Waals surface area contributed by atoms with E-state index in [-0.39, 0.29) is 0 Å². The Labute approximate surface area is 126 Å². The Bertz CT molecular complexity index is 663. The third-order valence-electron chi connectivity index (χ3n) is 2.95. The van der Waals surface area contributed by atoms with Gasteiger partial charge in [0.1, 0.15) is 6.04 Å². The molecular weight excluding hydrogens is 290 g/mol. The summed E-state index contributed by atoms with van der Waals surface area (Å²) in [4.78, 5) is 31.5. The maximum absolute atomic E-state index is 12.1. The van der Waals surface area contributed by atoms with Gasteiger partial charge < -0.3 is 10.4 Å². The van der Waals surface area contributed by atoms with Gasteiger partial charge in [-0.15, -0.1) is 0 Å². The number of benzene rings is 1. The van der Waals surface area contributed by atoms with E-state index in [0.29, 0.717) is 28.8 Å². The number of aromatic nitrogens is 2. The summed E-state index contributed by atoms with van der Waals surface area (Å²) < 4.78 is 0. The number of nitrogens with zero attached hydrogens (tertiary/aromatic N) is 2. The zero-order valence-corrected chi connectivity index (χ0v) is 12.3. The summed E-state index contributed by atoms with van der Waals surface area (Å²) in [6.07, 6.45) is 5.39. The van der Waals surface area contributed by atoms with Crippen LogP contribution < -0.4 is 5.32 Å². The Morgan fingerprint density at radius 2 is 2.00 bits per heavy atom. The maximum Gasteiger partial charge on any atom is 0.326 e. The lowest BCUT2D eigenvalue weighted by molar-refractivity contribution is -0.139. The number of carbonyl (C=O) groups excluding carboxylic acids is 1. The van der Waals surface area contributed by atoms with E-state index in [9.17, 15) is 9.59 Å². The largest absolute Gasteiger partial charge is 0.480 e. The summed E-state index contributed by atoms with van der Waals surface area (Å²) in [5, 5.41) is 11.7. The number of rotatable bonds is 6. The van der Waals surface area contributed by atoms with Crippen molar-refractivity contribution >= 4 is 34.7 Å². The molecule has 1 aromatic heterocycles. The summed E-state index contributed by atoms with van der Waals surface area (Å²) in [7, 11) is 0. The normalized spacial score (nSPS) is 12.0. The summed E-state index contributed by atoms with van der Waals surface area (Å²) in [5.41, 5.74) is 1.66. The van der Waals surface area contributed by atoms with Gasteiger partial charge >= 0.3 is 5.97 Å². The van der Waals surface area contributed by atoms with Crippen molar-refractivity contribution in [3.63, 3.8) is 0 Å². The lowest BCUT2D eigenvalue weighted by atomic mass is 10.1. The number of hydrogen-bond donors (Lipinski definition) is 2. The van der Waals surface area contributed by atoms with Gasteiger partial charge in [0.25, 0.3) is 5.91 Å². The minimum Gasteiger partial charge on any atom is -0.480 e. The monoisotopic (exact) mass is 305 g/mol. The predicted octanol–water partition coefficient (Wildman–Crippen LogP) is 1.57. The fourth-order valence-corrected chi connectivity index (χ4v) is 2.31. The Kier molecular flexibility index (Phi) is 5.10. The van der Waals surface area contributed by atoms with Crippen LogP contribution in [0.5, 0.6) is 0 Å². The van der Waals surface area contributed by atoms with E-state index in [1.54, 1.807) is 30.6 Å². The van der Waals surface area contributed by atoms with Crippen LogP contribution in [-0.4, -0.2) is 45.0 Å². The third kappa shape index (κ3) is 3.91. The molecule has 1 heterocycles. The van der Waals surface area contributed by atoms with Crippen molar-refractivity contribution in [1.82, 2.24) is 15.3 Å². The molecule has 21 heavy (non-hydrogen) atoms. The SMILES string of the molecule is CSCC[C@@H](NC(=O)c1ccc2nccnc2c1)C(=O)O. The first-order valence-electron chi connectivity index (χ1n) is 6.35. The molecule has 6 nitrogen and oxygen atoms in total. The number of nitrogens with one attached hydrogen (secondary N) is 1. The van der Waals surface area contributed by atoms with Crippen LogP contribution in [0.4, 0.5) is 0 Å². The van der Waals surface area contributed by atoms with Crippen molar-refractivity contribution in [2.75, 3.05) is 12.0 Å². The first kappa shape index (κ1) is 15.2. The molecule has 0 fully saturated rings. The summed E-state index contributed by atoms with van der Waals surface area (Å²) >= 11 is 1.54. The highest BCUT2D eigenvalue weighted by Crippen LogP contribution is 2.11. The van der Waals surface area contributed by atoms with Crippen molar-refractivity contribution < 1.29 is 14.7 Å². The van der Waals surface area contributed by atoms with Crippen LogP contribution in [0.3, 0.4) is 0 Å². The van der Waals surface area contributed by atoms with E-state index in [0.717, 1.165) is 0 Å². The highest BCUT2D eigenvalue weighted by Gasteiger charge is 2.20. The van der Waals surface area contributed by atoms with E-state index in [1.807, 2.05) is 6.26 Å². The fourth-order valence-electron chi connectivity index (χ4n) is 1.84. The van der Waals surface area contributed by atoms with Crippen LogP contribution in [0.1, 0.15) is 16.8 Å². The van der Waals surface area contributed by atoms with Crippen LogP contribution in [0.2, 0.25) is 0 Å². The molecule has 0 bridgehead atoms. The van der Waals surface area contributed by atoms with Gasteiger partial charge in [0.2, 0.25) is 0 Å². The lowest BCUT2D eigenvalue weighted by Crippen LogP contribution is -2.41. The summed E-state index contributed by atoms with van der Waals surface area (Å²) in [5.74, 6) is -0.783. The molecule has 110 valence electrons. The highest BCUT2D eigenvalue weighted by molar-refractivity contribution is 7.98. The molecule has 0 aliphatic rings. The van der Waals surface area contributed by atoms with Gasteiger partial charge in [0, 0.05) is 18.0 Å². The van der Waals surface area contributed by atoms with Crippen LogP contribution in [0, 0.1) is 0 Å². The van der Waals surface area contributed by atoms with Crippen molar-refractivity contribution in [1.29, 1.82) is 0 Å². The Morgan fingerprint density at radius 3 is 2.67 bits per heavy atom. The standard InChI is InChI=1S/C14H15N3O3S/c1-21-7-4-11(14(19)20)17-13(18)9-2-3-10-12(8-9)16-6-5-15-10/h2-3,5-6,8,11H,4,7H2,1H3,(H,17,18)(H,19,20)/t11-/m1/s1. The average molecular weight is 305 g/mol. The summed E-state index contributed by atoms with van der Waals surface area (Å²) in [6.45, 7) is 0. The van der Waals surface area contributed by atoms with Crippen molar-refractivity contribution in [3.8, 4) is 0 Å². The van der Waals surface area contributed by atoms with E-state index in [1.165, 1.54) is 11.8 Å². The van der Waals surface area contributed by atoms with Gasteiger partial charge in [-0.25, -0.2) is 4.79 Å². The van der Waals surface area contributed by atoms with Crippen LogP contribution in [0.25, 0.3) is 11.0 Å². The van der Waals surface area contributed by atoms with Gasteiger partial charge in [-0.2, -0.15) is 11.8 Å². The number of thioether (sulfide) groups is 1. The topological polar surface area (TPSA) is 92.2 Å². The minimum atomic E-state index is -1.03. The van der Waals surface area contributed by atoms with Gasteiger partial charge in [-0.3, -0.25) is 14.8 Å². The third-order valence-corrected chi connectivity index (χ3v) is 3.59. The second-order valence-corrected chi connectivity index (χ2v) is 5.39. The van der Waals surface area contributed by atoms with E-state index in [4.69, 9.17) is 5.11 Å². The van der Waals surface area contributed by atoms with E-state index in [2.05, 4.69) is 15.3 Å². The zero-order chi connectivity index (χ0) is 15.2. The number of fused-ring (bicyclic) bond motifs is 1. The second-order valence-electron chi connectivity index (χ2n) is 4.41. The van der Waals surface area contributed by atoms with Crippen LogP contribution in [0.15, 0.2) is 30.6 Å². The van der Waals surface area contributed by atoms with E-state index >= 15 is 0 Å². The van der Waals surface area contributed by atoms with Crippen molar-refractivity contribution in [3.05, 3.63) is 36.2 Å². The Hall–Kier alpha value is -2.15. The zero-order valence-electron chi connectivity index (χ0n) is 11.4. The van der Waals surface area contributed by atoms with Crippen LogP contribution in [-0.2, 0) is 4.79 Å². The number of carboxylic acid groups (broad SMARTS) is 1. The molecule has 7 heteroatoms. The van der Waals surface area contributed by atoms with Crippen LogP contribution >= 0.6 is 11.8 Å². The van der Waals surface area contributed by atoms with Crippen molar-refractivity contribution in [2.24, 2.45) is 0 Å². The molecule has 2 aromatic rings. The van der Waals surface area contributed by atoms with Crippen molar-refractivity contribution in [2.45, 2.75) is 12.5 Å². The second kappa shape index (κ2) is 7.03. The lowest BCUT2D eigenvalue weighted by Gasteiger charge is -2.14. The van der Waals surface area contributed by atoms with E-state index < -0.39 is 17.9 Å². The molecule has 0 radical (unpaired) electrons. The molecule has 2 N–H and O–H groups in total. The first-order chi connectivity index (χ1) is 10.1. The molecular formula is C14H15N3O3S. The molecule has 0 unspecified atom stereocenters. The molecule has 1 amide bonds.